The molecule has 1 saturated carbocycles. The van der Waals surface area contributed by atoms with Gasteiger partial charge >= 0.3 is 0 Å². The standard InChI is InChI=1S/C23H40BN13O6/c1-3-5-9-40-21-16(13-30-35-26)42-23(17(33-37-28)22(21)41-10-6-4-2)43-20-15(32-36-27)12-14(31-24)19(18(20)38)39-11-7-8-29-34-25/h14-23,31,38H,3-13H2,1-2H3/t14?,15?,16?,17?,18-,19?,20?,21-,22?,23-/m1/s1. The molecular weight excluding hydrogens is 565 g/mol. The Kier molecular flexibility index (Phi) is 17.6. The summed E-state index contributed by atoms with van der Waals surface area (Å²) in [5, 5.41) is 28.9. The molecule has 7 unspecified atom stereocenters. The van der Waals surface area contributed by atoms with Crippen molar-refractivity contribution < 1.29 is 28.8 Å². The highest BCUT2D eigenvalue weighted by molar-refractivity contribution is 6.04. The zero-order valence-corrected chi connectivity index (χ0v) is 24.5. The van der Waals surface area contributed by atoms with Gasteiger partial charge in [0, 0.05) is 52.1 Å². The van der Waals surface area contributed by atoms with E-state index in [2.05, 4.69) is 45.3 Å². The van der Waals surface area contributed by atoms with Gasteiger partial charge in [0.25, 0.3) is 0 Å². The van der Waals surface area contributed by atoms with Crippen LogP contribution in [0.25, 0.3) is 41.8 Å². The Balaban J connectivity index is 2.43. The maximum absolute atomic E-state index is 11.4. The van der Waals surface area contributed by atoms with Gasteiger partial charge in [0.1, 0.15) is 24.4 Å². The lowest BCUT2D eigenvalue weighted by molar-refractivity contribution is -0.299. The van der Waals surface area contributed by atoms with Gasteiger partial charge in [-0.3, -0.25) is 0 Å². The third-order valence-electron chi connectivity index (χ3n) is 7.17. The van der Waals surface area contributed by atoms with E-state index in [9.17, 15) is 16.2 Å². The predicted octanol–water partition coefficient (Wildman–Crippen LogP) is 4.03. The molecule has 0 aromatic rings. The molecule has 2 N–H and O–H groups in total. The van der Waals surface area contributed by atoms with Crippen molar-refractivity contribution in [2.75, 3.05) is 32.9 Å². The van der Waals surface area contributed by atoms with Gasteiger partial charge in [0.2, 0.25) is 0 Å². The number of rotatable bonds is 20. The van der Waals surface area contributed by atoms with Crippen LogP contribution in [0.4, 0.5) is 0 Å². The topological polar surface area (TPSA) is 273 Å². The van der Waals surface area contributed by atoms with E-state index >= 15 is 0 Å². The summed E-state index contributed by atoms with van der Waals surface area (Å²) in [6.07, 6.45) is -3.52. The van der Waals surface area contributed by atoms with Crippen LogP contribution in [0, 0.1) is 0 Å². The minimum atomic E-state index is -1.38. The number of nitrogens with one attached hydrogen (secondary N) is 1. The van der Waals surface area contributed by atoms with Crippen molar-refractivity contribution in [3.8, 4) is 0 Å². The smallest absolute Gasteiger partial charge is 0.178 e. The van der Waals surface area contributed by atoms with Gasteiger partial charge < -0.3 is 34.0 Å². The van der Waals surface area contributed by atoms with Gasteiger partial charge in [-0.25, -0.2) is 0 Å². The third-order valence-corrected chi connectivity index (χ3v) is 7.17. The molecule has 0 spiro atoms. The van der Waals surface area contributed by atoms with Crippen molar-refractivity contribution in [1.29, 1.82) is 0 Å². The van der Waals surface area contributed by atoms with Gasteiger partial charge in [-0.1, -0.05) is 47.1 Å². The third kappa shape index (κ3) is 10.9. The average molecular weight is 605 g/mol. The molecule has 2 fully saturated rings. The number of azide groups is 4. The minimum Gasteiger partial charge on any atom is -0.388 e. The maximum Gasteiger partial charge on any atom is 0.178 e. The fraction of sp³-hybridized carbons (Fsp3) is 1.00. The zero-order chi connectivity index (χ0) is 31.5. The van der Waals surface area contributed by atoms with Crippen molar-refractivity contribution in [2.24, 2.45) is 20.5 Å². The molecule has 236 valence electrons. The molecule has 43 heavy (non-hydrogen) atoms. The van der Waals surface area contributed by atoms with Crippen LogP contribution >= 0.6 is 0 Å². The molecule has 10 atom stereocenters. The van der Waals surface area contributed by atoms with Crippen LogP contribution in [0.5, 0.6) is 0 Å². The highest BCUT2D eigenvalue weighted by Crippen LogP contribution is 2.34. The van der Waals surface area contributed by atoms with Crippen molar-refractivity contribution >= 4 is 7.98 Å². The van der Waals surface area contributed by atoms with Crippen LogP contribution < -0.4 is 5.23 Å². The van der Waals surface area contributed by atoms with E-state index in [0.717, 1.165) is 25.7 Å². The second-order valence-electron chi connectivity index (χ2n) is 10.0. The Hall–Kier alpha value is -2.98. The summed E-state index contributed by atoms with van der Waals surface area (Å²) < 4.78 is 30.7. The predicted molar refractivity (Wildman–Crippen MR) is 154 cm³/mol. The van der Waals surface area contributed by atoms with Gasteiger partial charge in [-0.2, -0.15) is 0 Å². The molecular formula is C23H40BN13O6. The molecule has 1 aliphatic heterocycles. The summed E-state index contributed by atoms with van der Waals surface area (Å²) in [4.78, 5) is 11.5. The molecule has 20 heteroatoms. The summed E-state index contributed by atoms with van der Waals surface area (Å²) in [6, 6.07) is -2.62. The molecule has 1 saturated heterocycles. The van der Waals surface area contributed by atoms with Crippen LogP contribution in [-0.4, -0.2) is 107 Å². The van der Waals surface area contributed by atoms with Gasteiger partial charge in [0.05, 0.1) is 30.9 Å². The number of hydrogen-bond donors (Lipinski definition) is 2. The average Bonchev–Trinajstić information content (AvgIpc) is 3.01. The monoisotopic (exact) mass is 605 g/mol. The summed E-state index contributed by atoms with van der Waals surface area (Å²) in [5.74, 6) is 0. The van der Waals surface area contributed by atoms with E-state index in [1.165, 1.54) is 0 Å². The molecule has 1 aliphatic carbocycles. The van der Waals surface area contributed by atoms with Crippen molar-refractivity contribution in [1.82, 2.24) is 5.23 Å². The number of unbranched alkanes of at least 4 members (excludes halogenated alkanes) is 2. The number of aliphatic hydroxyl groups is 1. The highest BCUT2D eigenvalue weighted by atomic mass is 16.7. The van der Waals surface area contributed by atoms with Crippen molar-refractivity contribution in [3.05, 3.63) is 41.8 Å². The molecule has 0 aromatic heterocycles. The molecule has 0 aromatic carbocycles. The van der Waals surface area contributed by atoms with Gasteiger partial charge in [-0.05, 0) is 47.8 Å². The van der Waals surface area contributed by atoms with Crippen LogP contribution in [0.3, 0.4) is 0 Å². The Bertz CT molecular complexity index is 1020. The summed E-state index contributed by atoms with van der Waals surface area (Å²) in [7, 11) is 5.73. The lowest BCUT2D eigenvalue weighted by Gasteiger charge is -2.48. The van der Waals surface area contributed by atoms with Crippen LogP contribution in [0.2, 0.25) is 0 Å². The van der Waals surface area contributed by atoms with E-state index in [0.29, 0.717) is 19.6 Å². The van der Waals surface area contributed by atoms with E-state index in [4.69, 9.17) is 42.7 Å². The fourth-order valence-corrected chi connectivity index (χ4v) is 5.03. The maximum atomic E-state index is 11.4. The zero-order valence-electron chi connectivity index (χ0n) is 24.5. The number of aliphatic hydroxyl groups excluding tert-OH is 1. The van der Waals surface area contributed by atoms with E-state index in [1.54, 1.807) is 0 Å². The van der Waals surface area contributed by atoms with Crippen molar-refractivity contribution in [3.63, 3.8) is 0 Å². The van der Waals surface area contributed by atoms with Crippen LogP contribution in [0.1, 0.15) is 52.4 Å². The molecule has 1 heterocycles. The number of ether oxygens (including phenoxy) is 5. The second kappa shape index (κ2) is 20.8. The SMILES string of the molecule is [B]NC1CC(N=[N+]=[N-])C(O[C@H]2OC(CN=[N+]=[N-])[C@@H](OCCCC)C(OCCCC)C2N=[N+]=[N-])[C@H](O)C1OCCCN=[N+]=[N-]. The Morgan fingerprint density at radius 2 is 1.47 bits per heavy atom. The molecule has 0 amide bonds. The first-order valence-electron chi connectivity index (χ1n) is 14.4. The quantitative estimate of drug-likeness (QED) is 0.0675. The normalized spacial score (nSPS) is 32.0. The van der Waals surface area contributed by atoms with E-state index < -0.39 is 61.0 Å². The van der Waals surface area contributed by atoms with E-state index in [1.807, 2.05) is 13.8 Å². The molecule has 2 rings (SSSR count). The highest BCUT2D eigenvalue weighted by Gasteiger charge is 2.51. The molecule has 19 nitrogen and oxygen atoms in total. The summed E-state index contributed by atoms with van der Waals surface area (Å²) >= 11 is 0. The summed E-state index contributed by atoms with van der Waals surface area (Å²) in [5.41, 5.74) is 36.3. The first kappa shape index (κ1) is 36.2. The van der Waals surface area contributed by atoms with Crippen molar-refractivity contribution in [2.45, 2.75) is 113 Å². The number of nitrogens with zero attached hydrogens (tertiary/aromatic N) is 12. The Morgan fingerprint density at radius 3 is 2.07 bits per heavy atom. The lowest BCUT2D eigenvalue weighted by atomic mass is 9.83. The Morgan fingerprint density at radius 1 is 0.837 bits per heavy atom. The van der Waals surface area contributed by atoms with Gasteiger partial charge in [-0.15, -0.1) is 0 Å². The summed E-state index contributed by atoms with van der Waals surface area (Å²) in [6.45, 7) is 4.91. The minimum absolute atomic E-state index is 0.129. The lowest BCUT2D eigenvalue weighted by Crippen LogP contribution is -2.65. The molecule has 2 aliphatic rings. The Labute approximate surface area is 250 Å². The second-order valence-corrected chi connectivity index (χ2v) is 10.0. The first-order chi connectivity index (χ1) is 21.0. The fourth-order valence-electron chi connectivity index (χ4n) is 5.03. The van der Waals surface area contributed by atoms with Gasteiger partial charge in [0.15, 0.2) is 14.3 Å². The molecule has 2 radical (unpaired) electrons. The van der Waals surface area contributed by atoms with Crippen LogP contribution in [0.15, 0.2) is 20.5 Å². The molecule has 0 bridgehead atoms. The number of hydrogen-bond acceptors (Lipinski definition) is 11. The van der Waals surface area contributed by atoms with E-state index in [-0.39, 0.29) is 26.1 Å². The first-order valence-corrected chi connectivity index (χ1v) is 14.4. The van der Waals surface area contributed by atoms with Crippen LogP contribution in [-0.2, 0) is 23.7 Å². The largest absolute Gasteiger partial charge is 0.388 e.